The molecule has 112 valence electrons. The number of aryl methyl sites for hydroxylation is 1. The lowest BCUT2D eigenvalue weighted by molar-refractivity contribution is -0.136. The second-order valence-electron chi connectivity index (χ2n) is 4.34. The van der Waals surface area contributed by atoms with Crippen LogP contribution in [0.5, 0.6) is 0 Å². The minimum atomic E-state index is -4.59. The quantitative estimate of drug-likeness (QED) is 0.856. The Bertz CT molecular complexity index is 667. The fraction of sp³-hybridized carbons (Fsp3) is 0.231. The third kappa shape index (κ3) is 3.72. The molecule has 0 bridgehead atoms. The van der Waals surface area contributed by atoms with Gasteiger partial charge in [0.2, 0.25) is 0 Å². The number of nitrogens with zero attached hydrogens (tertiary/aromatic N) is 1. The summed E-state index contributed by atoms with van der Waals surface area (Å²) in [5, 5.41) is 5.15. The summed E-state index contributed by atoms with van der Waals surface area (Å²) in [4.78, 5) is 16.0. The molecule has 0 atom stereocenters. The molecule has 1 aromatic carbocycles. The second kappa shape index (κ2) is 5.72. The molecule has 0 spiro atoms. The summed E-state index contributed by atoms with van der Waals surface area (Å²) in [5.41, 5.74) is 4.43. The van der Waals surface area contributed by atoms with Gasteiger partial charge in [-0.05, 0) is 25.1 Å². The number of amides is 1. The van der Waals surface area contributed by atoms with Gasteiger partial charge in [-0.25, -0.2) is 4.98 Å². The van der Waals surface area contributed by atoms with Crippen molar-refractivity contribution < 1.29 is 18.0 Å². The summed E-state index contributed by atoms with van der Waals surface area (Å²) < 4.78 is 38.2. The Balaban J connectivity index is 2.12. The normalized spacial score (nSPS) is 11.4. The Hall–Kier alpha value is -2.09. The molecule has 3 N–H and O–H groups in total. The maximum Gasteiger partial charge on any atom is 0.418 e. The SMILES string of the molecule is Cc1nc(CNC(=O)c2ccc(N)c(C(F)(F)F)c2)cs1. The number of rotatable bonds is 3. The van der Waals surface area contributed by atoms with Crippen LogP contribution in [0.1, 0.15) is 26.6 Å². The molecule has 0 aliphatic rings. The van der Waals surface area contributed by atoms with Gasteiger partial charge in [-0.1, -0.05) is 0 Å². The largest absolute Gasteiger partial charge is 0.418 e. The zero-order valence-corrected chi connectivity index (χ0v) is 11.8. The van der Waals surface area contributed by atoms with Crippen molar-refractivity contribution in [2.75, 3.05) is 5.73 Å². The molecule has 0 saturated heterocycles. The van der Waals surface area contributed by atoms with Gasteiger partial charge in [0.05, 0.1) is 22.8 Å². The number of thiazole rings is 1. The molecule has 2 aromatic rings. The van der Waals surface area contributed by atoms with Crippen molar-refractivity contribution in [3.8, 4) is 0 Å². The number of anilines is 1. The van der Waals surface area contributed by atoms with E-state index in [0.717, 1.165) is 17.1 Å². The van der Waals surface area contributed by atoms with E-state index in [4.69, 9.17) is 5.73 Å². The van der Waals surface area contributed by atoms with Crippen LogP contribution in [0.3, 0.4) is 0 Å². The highest BCUT2D eigenvalue weighted by Gasteiger charge is 2.33. The highest BCUT2D eigenvalue weighted by atomic mass is 32.1. The standard InChI is InChI=1S/C13H12F3N3OS/c1-7-19-9(6-21-7)5-18-12(20)8-2-3-11(17)10(4-8)13(14,15)16/h2-4,6H,5,17H2,1H3,(H,18,20). The number of benzene rings is 1. The molecule has 1 aromatic heterocycles. The first-order chi connectivity index (χ1) is 9.77. The maximum absolute atomic E-state index is 12.7. The average Bonchev–Trinajstić information content (AvgIpc) is 2.81. The molecule has 0 saturated carbocycles. The fourth-order valence-electron chi connectivity index (χ4n) is 1.71. The first-order valence-corrected chi connectivity index (χ1v) is 6.81. The summed E-state index contributed by atoms with van der Waals surface area (Å²) in [5.74, 6) is -0.605. The highest BCUT2D eigenvalue weighted by molar-refractivity contribution is 7.09. The molecule has 0 aliphatic heterocycles. The number of nitrogen functional groups attached to an aromatic ring is 1. The van der Waals surface area contributed by atoms with Gasteiger partial charge in [-0.3, -0.25) is 4.79 Å². The minimum Gasteiger partial charge on any atom is -0.398 e. The van der Waals surface area contributed by atoms with Gasteiger partial charge < -0.3 is 11.1 Å². The van der Waals surface area contributed by atoms with E-state index in [1.807, 2.05) is 6.92 Å². The van der Waals surface area contributed by atoms with Crippen molar-refractivity contribution in [1.29, 1.82) is 0 Å². The molecular weight excluding hydrogens is 303 g/mol. The van der Waals surface area contributed by atoms with Crippen LogP contribution in [0.15, 0.2) is 23.6 Å². The smallest absolute Gasteiger partial charge is 0.398 e. The van der Waals surface area contributed by atoms with E-state index in [1.165, 1.54) is 17.4 Å². The third-order valence-electron chi connectivity index (χ3n) is 2.72. The van der Waals surface area contributed by atoms with Crippen LogP contribution in [0.25, 0.3) is 0 Å². The third-order valence-corrected chi connectivity index (χ3v) is 3.54. The lowest BCUT2D eigenvalue weighted by Gasteiger charge is -2.11. The molecule has 0 radical (unpaired) electrons. The van der Waals surface area contributed by atoms with Gasteiger partial charge in [0, 0.05) is 16.6 Å². The number of aromatic nitrogens is 1. The van der Waals surface area contributed by atoms with Crippen molar-refractivity contribution in [3.05, 3.63) is 45.4 Å². The van der Waals surface area contributed by atoms with Crippen molar-refractivity contribution in [1.82, 2.24) is 10.3 Å². The molecule has 0 aliphatic carbocycles. The fourth-order valence-corrected chi connectivity index (χ4v) is 2.32. The van der Waals surface area contributed by atoms with Gasteiger partial charge in [-0.2, -0.15) is 13.2 Å². The van der Waals surface area contributed by atoms with Crippen molar-refractivity contribution in [3.63, 3.8) is 0 Å². The lowest BCUT2D eigenvalue weighted by Crippen LogP contribution is -2.23. The number of hydrogen-bond donors (Lipinski definition) is 2. The lowest BCUT2D eigenvalue weighted by atomic mass is 10.1. The summed E-state index contributed by atoms with van der Waals surface area (Å²) >= 11 is 1.43. The number of carbonyl (C=O) groups is 1. The first kappa shape index (κ1) is 15.3. The Morgan fingerprint density at radius 3 is 2.71 bits per heavy atom. The molecule has 0 unspecified atom stereocenters. The molecule has 2 rings (SSSR count). The zero-order valence-electron chi connectivity index (χ0n) is 11.0. The van der Waals surface area contributed by atoms with Crippen LogP contribution in [0.2, 0.25) is 0 Å². The number of halogens is 3. The van der Waals surface area contributed by atoms with Crippen LogP contribution in [-0.4, -0.2) is 10.9 Å². The second-order valence-corrected chi connectivity index (χ2v) is 5.40. The van der Waals surface area contributed by atoms with Gasteiger partial charge in [-0.15, -0.1) is 11.3 Å². The number of hydrogen-bond acceptors (Lipinski definition) is 4. The van der Waals surface area contributed by atoms with E-state index >= 15 is 0 Å². The van der Waals surface area contributed by atoms with E-state index in [-0.39, 0.29) is 12.1 Å². The molecule has 1 amide bonds. The van der Waals surface area contributed by atoms with E-state index in [9.17, 15) is 18.0 Å². The molecule has 8 heteroatoms. The van der Waals surface area contributed by atoms with Crippen LogP contribution in [-0.2, 0) is 12.7 Å². The van der Waals surface area contributed by atoms with E-state index in [1.54, 1.807) is 5.38 Å². The number of nitrogens with two attached hydrogens (primary N) is 1. The first-order valence-electron chi connectivity index (χ1n) is 5.93. The van der Waals surface area contributed by atoms with Crippen molar-refractivity contribution in [2.24, 2.45) is 0 Å². The van der Waals surface area contributed by atoms with Crippen LogP contribution in [0.4, 0.5) is 18.9 Å². The number of carbonyl (C=O) groups excluding carboxylic acids is 1. The zero-order chi connectivity index (χ0) is 15.6. The minimum absolute atomic E-state index is 0.0940. The molecular formula is C13H12F3N3OS. The molecule has 4 nitrogen and oxygen atoms in total. The van der Waals surface area contributed by atoms with Gasteiger partial charge >= 0.3 is 6.18 Å². The van der Waals surface area contributed by atoms with Crippen LogP contribution >= 0.6 is 11.3 Å². The average molecular weight is 315 g/mol. The summed E-state index contributed by atoms with van der Waals surface area (Å²) in [6, 6.07) is 3.08. The van der Waals surface area contributed by atoms with E-state index in [2.05, 4.69) is 10.3 Å². The van der Waals surface area contributed by atoms with Crippen LogP contribution < -0.4 is 11.1 Å². The summed E-state index contributed by atoms with van der Waals surface area (Å²) in [6.07, 6.45) is -4.59. The predicted octanol–water partition coefficient (Wildman–Crippen LogP) is 2.98. The van der Waals surface area contributed by atoms with Gasteiger partial charge in [0.1, 0.15) is 0 Å². The Labute approximate surface area is 122 Å². The van der Waals surface area contributed by atoms with Gasteiger partial charge in [0.25, 0.3) is 5.91 Å². The Morgan fingerprint density at radius 2 is 2.14 bits per heavy atom. The highest BCUT2D eigenvalue weighted by Crippen LogP contribution is 2.33. The topological polar surface area (TPSA) is 68.0 Å². The van der Waals surface area contributed by atoms with E-state index in [0.29, 0.717) is 5.69 Å². The van der Waals surface area contributed by atoms with Crippen molar-refractivity contribution in [2.45, 2.75) is 19.6 Å². The monoisotopic (exact) mass is 315 g/mol. The maximum atomic E-state index is 12.7. The summed E-state index contributed by atoms with van der Waals surface area (Å²) in [6.45, 7) is 1.99. The molecule has 0 fully saturated rings. The summed E-state index contributed by atoms with van der Waals surface area (Å²) in [7, 11) is 0. The molecule has 1 heterocycles. The Kier molecular flexibility index (Phi) is 4.17. The molecule has 21 heavy (non-hydrogen) atoms. The predicted molar refractivity (Wildman–Crippen MR) is 73.9 cm³/mol. The van der Waals surface area contributed by atoms with Crippen LogP contribution in [0, 0.1) is 6.92 Å². The van der Waals surface area contributed by atoms with Gasteiger partial charge in [0.15, 0.2) is 0 Å². The van der Waals surface area contributed by atoms with Crippen molar-refractivity contribution >= 4 is 22.9 Å². The number of nitrogens with one attached hydrogen (secondary N) is 1. The Morgan fingerprint density at radius 1 is 1.43 bits per heavy atom. The number of alkyl halides is 3. The van der Waals surface area contributed by atoms with E-state index < -0.39 is 23.3 Å².